The predicted octanol–water partition coefficient (Wildman–Crippen LogP) is 0.703. The smallest absolute Gasteiger partial charge is 0.245 e. The standard InChI is InChI=1S/C7H11NOS/c1-2-7(9)8-4-3-6(10)5-8/h2,6,10H,1,3-5H2/t6-/m0/s1. The molecule has 1 saturated heterocycles. The van der Waals surface area contributed by atoms with E-state index in [2.05, 4.69) is 19.2 Å². The first kappa shape index (κ1) is 7.66. The van der Waals surface area contributed by atoms with Gasteiger partial charge in [-0.1, -0.05) is 6.58 Å². The first-order valence-electron chi connectivity index (χ1n) is 3.33. The SMILES string of the molecule is C=CC(=O)N1CC[C@H](S)C1. The van der Waals surface area contributed by atoms with Crippen molar-refractivity contribution in [2.75, 3.05) is 13.1 Å². The molecule has 0 aromatic carbocycles. The molecule has 0 saturated carbocycles. The molecule has 0 aromatic heterocycles. The molecule has 0 radical (unpaired) electrons. The van der Waals surface area contributed by atoms with E-state index in [1.165, 1.54) is 6.08 Å². The molecule has 1 atom stereocenters. The summed E-state index contributed by atoms with van der Waals surface area (Å²) >= 11 is 4.26. The molecule has 1 amide bonds. The summed E-state index contributed by atoms with van der Waals surface area (Å²) in [5.74, 6) is 0.0246. The lowest BCUT2D eigenvalue weighted by molar-refractivity contribution is -0.124. The van der Waals surface area contributed by atoms with E-state index >= 15 is 0 Å². The molecule has 1 aliphatic heterocycles. The Morgan fingerprint density at radius 3 is 2.90 bits per heavy atom. The highest BCUT2D eigenvalue weighted by Gasteiger charge is 2.21. The molecule has 1 rings (SSSR count). The highest BCUT2D eigenvalue weighted by Crippen LogP contribution is 2.13. The van der Waals surface area contributed by atoms with Crippen LogP contribution in [0.15, 0.2) is 12.7 Å². The number of amides is 1. The van der Waals surface area contributed by atoms with Gasteiger partial charge in [0.25, 0.3) is 0 Å². The number of carbonyl (C=O) groups excluding carboxylic acids is 1. The molecular formula is C7H11NOS. The van der Waals surface area contributed by atoms with Gasteiger partial charge in [-0.25, -0.2) is 0 Å². The summed E-state index contributed by atoms with van der Waals surface area (Å²) in [7, 11) is 0. The molecule has 0 unspecified atom stereocenters. The first-order valence-corrected chi connectivity index (χ1v) is 3.85. The predicted molar refractivity (Wildman–Crippen MR) is 44.2 cm³/mol. The molecule has 10 heavy (non-hydrogen) atoms. The number of rotatable bonds is 1. The van der Waals surface area contributed by atoms with Gasteiger partial charge in [0.1, 0.15) is 0 Å². The Morgan fingerprint density at radius 1 is 1.80 bits per heavy atom. The van der Waals surface area contributed by atoms with Crippen LogP contribution in [0.25, 0.3) is 0 Å². The minimum Gasteiger partial charge on any atom is -0.338 e. The number of likely N-dealkylation sites (tertiary alicyclic amines) is 1. The fourth-order valence-corrected chi connectivity index (χ4v) is 1.38. The molecule has 2 nitrogen and oxygen atoms in total. The summed E-state index contributed by atoms with van der Waals surface area (Å²) in [6.07, 6.45) is 2.36. The Bertz CT molecular complexity index is 158. The lowest BCUT2D eigenvalue weighted by atomic mass is 10.4. The van der Waals surface area contributed by atoms with Gasteiger partial charge in [-0.3, -0.25) is 4.79 Å². The first-order chi connectivity index (χ1) is 4.74. The van der Waals surface area contributed by atoms with Crippen LogP contribution in [0, 0.1) is 0 Å². The van der Waals surface area contributed by atoms with E-state index in [1.54, 1.807) is 4.90 Å². The largest absolute Gasteiger partial charge is 0.338 e. The van der Waals surface area contributed by atoms with E-state index in [0.717, 1.165) is 19.5 Å². The Balaban J connectivity index is 2.44. The van der Waals surface area contributed by atoms with E-state index < -0.39 is 0 Å². The van der Waals surface area contributed by atoms with Crippen LogP contribution >= 0.6 is 12.6 Å². The molecule has 1 fully saturated rings. The fourth-order valence-electron chi connectivity index (χ4n) is 1.07. The number of nitrogens with zero attached hydrogens (tertiary/aromatic N) is 1. The van der Waals surface area contributed by atoms with Crippen molar-refractivity contribution in [3.8, 4) is 0 Å². The van der Waals surface area contributed by atoms with E-state index in [4.69, 9.17) is 0 Å². The third kappa shape index (κ3) is 1.53. The second-order valence-corrected chi connectivity index (χ2v) is 3.16. The quantitative estimate of drug-likeness (QED) is 0.439. The van der Waals surface area contributed by atoms with Crippen molar-refractivity contribution in [2.24, 2.45) is 0 Å². The topological polar surface area (TPSA) is 20.3 Å². The molecule has 3 heteroatoms. The van der Waals surface area contributed by atoms with Crippen molar-refractivity contribution in [2.45, 2.75) is 11.7 Å². The summed E-state index contributed by atoms with van der Waals surface area (Å²) in [6.45, 7) is 5.02. The molecule has 0 aliphatic carbocycles. The van der Waals surface area contributed by atoms with Crippen molar-refractivity contribution >= 4 is 18.5 Å². The number of thiol groups is 1. The summed E-state index contributed by atoms with van der Waals surface area (Å²) < 4.78 is 0. The summed E-state index contributed by atoms with van der Waals surface area (Å²) in [5.41, 5.74) is 0. The van der Waals surface area contributed by atoms with Gasteiger partial charge in [-0.15, -0.1) is 0 Å². The number of hydrogen-bond acceptors (Lipinski definition) is 2. The molecule has 0 aromatic rings. The summed E-state index contributed by atoms with van der Waals surface area (Å²) in [5, 5.41) is 0.365. The summed E-state index contributed by atoms with van der Waals surface area (Å²) in [4.78, 5) is 12.7. The number of hydrogen-bond donors (Lipinski definition) is 1. The Labute approximate surface area is 66.3 Å². The van der Waals surface area contributed by atoms with Crippen LogP contribution in [0.3, 0.4) is 0 Å². The monoisotopic (exact) mass is 157 g/mol. The third-order valence-corrected chi connectivity index (χ3v) is 2.07. The molecule has 0 N–H and O–H groups in total. The Morgan fingerprint density at radius 2 is 2.50 bits per heavy atom. The normalized spacial score (nSPS) is 24.9. The Kier molecular flexibility index (Phi) is 2.38. The van der Waals surface area contributed by atoms with E-state index in [9.17, 15) is 4.79 Å². The highest BCUT2D eigenvalue weighted by atomic mass is 32.1. The maximum Gasteiger partial charge on any atom is 0.245 e. The van der Waals surface area contributed by atoms with Crippen LogP contribution in [0.2, 0.25) is 0 Å². The van der Waals surface area contributed by atoms with Crippen LogP contribution in [0.5, 0.6) is 0 Å². The number of carbonyl (C=O) groups is 1. The molecule has 0 bridgehead atoms. The fraction of sp³-hybridized carbons (Fsp3) is 0.571. The summed E-state index contributed by atoms with van der Waals surface area (Å²) in [6, 6.07) is 0. The third-order valence-electron chi connectivity index (χ3n) is 1.65. The Hall–Kier alpha value is -0.440. The minimum absolute atomic E-state index is 0.0246. The second-order valence-electron chi connectivity index (χ2n) is 2.43. The second kappa shape index (κ2) is 3.10. The minimum atomic E-state index is 0.0246. The van der Waals surface area contributed by atoms with Gasteiger partial charge < -0.3 is 4.90 Å². The van der Waals surface area contributed by atoms with Crippen LogP contribution in [-0.2, 0) is 4.79 Å². The molecule has 1 aliphatic rings. The van der Waals surface area contributed by atoms with Crippen molar-refractivity contribution < 1.29 is 4.79 Å². The maximum atomic E-state index is 10.9. The van der Waals surface area contributed by atoms with Gasteiger partial charge in [0.05, 0.1) is 0 Å². The van der Waals surface area contributed by atoms with Crippen molar-refractivity contribution in [1.29, 1.82) is 0 Å². The van der Waals surface area contributed by atoms with Gasteiger partial charge in [-0.2, -0.15) is 12.6 Å². The van der Waals surface area contributed by atoms with E-state index in [0.29, 0.717) is 5.25 Å². The van der Waals surface area contributed by atoms with Gasteiger partial charge in [0, 0.05) is 18.3 Å². The molecule has 1 heterocycles. The lowest BCUT2D eigenvalue weighted by Crippen LogP contribution is -2.26. The zero-order chi connectivity index (χ0) is 7.56. The maximum absolute atomic E-state index is 10.9. The van der Waals surface area contributed by atoms with Crippen molar-refractivity contribution in [3.05, 3.63) is 12.7 Å². The van der Waals surface area contributed by atoms with Gasteiger partial charge in [-0.05, 0) is 12.5 Å². The average molecular weight is 157 g/mol. The van der Waals surface area contributed by atoms with Crippen molar-refractivity contribution in [3.63, 3.8) is 0 Å². The van der Waals surface area contributed by atoms with Gasteiger partial charge in [0.2, 0.25) is 5.91 Å². The zero-order valence-electron chi connectivity index (χ0n) is 5.79. The van der Waals surface area contributed by atoms with Gasteiger partial charge >= 0.3 is 0 Å². The molecule has 0 spiro atoms. The zero-order valence-corrected chi connectivity index (χ0v) is 6.68. The van der Waals surface area contributed by atoms with E-state index in [1.807, 2.05) is 0 Å². The molecule has 56 valence electrons. The van der Waals surface area contributed by atoms with Crippen molar-refractivity contribution in [1.82, 2.24) is 4.90 Å². The van der Waals surface area contributed by atoms with Gasteiger partial charge in [0.15, 0.2) is 0 Å². The van der Waals surface area contributed by atoms with Crippen LogP contribution < -0.4 is 0 Å². The molecular weight excluding hydrogens is 146 g/mol. The van der Waals surface area contributed by atoms with Crippen LogP contribution in [0.4, 0.5) is 0 Å². The average Bonchev–Trinajstić information content (AvgIpc) is 2.34. The van der Waals surface area contributed by atoms with Crippen LogP contribution in [0.1, 0.15) is 6.42 Å². The van der Waals surface area contributed by atoms with E-state index in [-0.39, 0.29) is 5.91 Å². The van der Waals surface area contributed by atoms with Crippen LogP contribution in [-0.4, -0.2) is 29.1 Å². The highest BCUT2D eigenvalue weighted by molar-refractivity contribution is 7.81. The lowest BCUT2D eigenvalue weighted by Gasteiger charge is -2.11.